The number of rotatable bonds is 3. The van der Waals surface area contributed by atoms with E-state index in [0.717, 1.165) is 6.42 Å². The van der Waals surface area contributed by atoms with Crippen molar-refractivity contribution >= 4 is 0 Å². The Morgan fingerprint density at radius 1 is 1.11 bits per heavy atom. The number of benzene rings is 1. The van der Waals surface area contributed by atoms with E-state index >= 15 is 0 Å². The van der Waals surface area contributed by atoms with Crippen molar-refractivity contribution in [3.8, 4) is 0 Å². The summed E-state index contributed by atoms with van der Waals surface area (Å²) >= 11 is 0. The molecule has 19 heavy (non-hydrogen) atoms. The zero-order valence-electron chi connectivity index (χ0n) is 12.5. The molecule has 0 fully saturated rings. The van der Waals surface area contributed by atoms with Gasteiger partial charge in [-0.05, 0) is 36.8 Å². The molecule has 0 bridgehead atoms. The van der Waals surface area contributed by atoms with Crippen LogP contribution in [0, 0.1) is 0 Å². The van der Waals surface area contributed by atoms with Gasteiger partial charge >= 0.3 is 0 Å². The minimum absolute atomic E-state index is 0.0625. The Kier molecular flexibility index (Phi) is 3.48. The summed E-state index contributed by atoms with van der Waals surface area (Å²) in [6.07, 6.45) is 4.60. The summed E-state index contributed by atoms with van der Waals surface area (Å²) in [5.74, 6) is 0. The van der Waals surface area contributed by atoms with E-state index in [9.17, 15) is 0 Å². The maximum Gasteiger partial charge on any atom is 0.0693 e. The van der Waals surface area contributed by atoms with Gasteiger partial charge in [-0.1, -0.05) is 50.3 Å². The number of hydrogen-bond acceptors (Lipinski definition) is 2. The second-order valence-corrected chi connectivity index (χ2v) is 6.79. The molecule has 0 unspecified atom stereocenters. The Morgan fingerprint density at radius 2 is 1.84 bits per heavy atom. The lowest BCUT2D eigenvalue weighted by Gasteiger charge is -2.26. The topological polar surface area (TPSA) is 30.7 Å². The fraction of sp³-hybridized carbons (Fsp3) is 0.500. The van der Waals surface area contributed by atoms with Gasteiger partial charge in [-0.3, -0.25) is 0 Å². The third kappa shape index (κ3) is 3.22. The Balaban J connectivity index is 2.25. The Morgan fingerprint density at radius 3 is 2.42 bits per heavy atom. The first kappa shape index (κ1) is 13.8. The van der Waals surface area contributed by atoms with E-state index in [1.807, 2.05) is 10.9 Å². The smallest absolute Gasteiger partial charge is 0.0693 e. The second-order valence-electron chi connectivity index (χ2n) is 6.79. The highest BCUT2D eigenvalue weighted by atomic mass is 15.4. The molecule has 102 valence electrons. The average molecular weight is 257 g/mol. The van der Waals surface area contributed by atoms with E-state index < -0.39 is 0 Å². The van der Waals surface area contributed by atoms with E-state index in [-0.39, 0.29) is 11.0 Å². The Hall–Kier alpha value is -1.64. The van der Waals surface area contributed by atoms with E-state index in [0.29, 0.717) is 0 Å². The van der Waals surface area contributed by atoms with Gasteiger partial charge in [0, 0.05) is 6.20 Å². The predicted molar refractivity (Wildman–Crippen MR) is 78.2 cm³/mol. The van der Waals surface area contributed by atoms with Crippen LogP contribution in [0.25, 0.3) is 0 Å². The van der Waals surface area contributed by atoms with Crippen molar-refractivity contribution in [2.24, 2.45) is 0 Å². The molecule has 2 rings (SSSR count). The summed E-state index contributed by atoms with van der Waals surface area (Å²) in [7, 11) is 0. The molecule has 0 aliphatic rings. The third-order valence-electron chi connectivity index (χ3n) is 3.47. The number of aromatic nitrogens is 3. The van der Waals surface area contributed by atoms with Crippen molar-refractivity contribution < 1.29 is 0 Å². The molecule has 0 atom stereocenters. The summed E-state index contributed by atoms with van der Waals surface area (Å²) in [5.41, 5.74) is 2.84. The van der Waals surface area contributed by atoms with Crippen LogP contribution < -0.4 is 0 Å². The molecule has 0 amide bonds. The van der Waals surface area contributed by atoms with Gasteiger partial charge < -0.3 is 0 Å². The first-order chi connectivity index (χ1) is 8.79. The quantitative estimate of drug-likeness (QED) is 0.842. The minimum Gasteiger partial charge on any atom is -0.247 e. The van der Waals surface area contributed by atoms with Crippen LogP contribution in [0.1, 0.15) is 45.7 Å². The maximum absolute atomic E-state index is 4.12. The average Bonchev–Trinajstić information content (AvgIpc) is 2.81. The highest BCUT2D eigenvalue weighted by Crippen LogP contribution is 2.26. The molecule has 0 aliphatic carbocycles. The van der Waals surface area contributed by atoms with Crippen LogP contribution in [0.15, 0.2) is 36.7 Å². The van der Waals surface area contributed by atoms with Gasteiger partial charge in [0.1, 0.15) is 0 Å². The molecule has 1 aromatic carbocycles. The molecule has 3 heteroatoms. The van der Waals surface area contributed by atoms with Gasteiger partial charge in [-0.2, -0.15) is 0 Å². The van der Waals surface area contributed by atoms with Crippen molar-refractivity contribution in [2.45, 2.75) is 52.0 Å². The summed E-state index contributed by atoms with van der Waals surface area (Å²) in [6, 6.07) is 8.84. The highest BCUT2D eigenvalue weighted by molar-refractivity contribution is 5.29. The SMILES string of the molecule is CC(C)(C)c1cccc(CC(C)(C)n2ccnn2)c1. The van der Waals surface area contributed by atoms with E-state index in [2.05, 4.69) is 69.2 Å². The standard InChI is InChI=1S/C16H23N3/c1-15(2,3)14-8-6-7-13(11-14)12-16(4,5)19-10-9-17-18-19/h6-11H,12H2,1-5H3. The summed E-state index contributed by atoms with van der Waals surface area (Å²) in [5, 5.41) is 8.02. The lowest BCUT2D eigenvalue weighted by atomic mass is 9.84. The Labute approximate surface area is 115 Å². The first-order valence-corrected chi connectivity index (χ1v) is 6.75. The van der Waals surface area contributed by atoms with Gasteiger partial charge in [-0.25, -0.2) is 4.68 Å². The lowest BCUT2D eigenvalue weighted by molar-refractivity contribution is 0.309. The summed E-state index contributed by atoms with van der Waals surface area (Å²) < 4.78 is 1.93. The molecule has 0 saturated heterocycles. The number of hydrogen-bond donors (Lipinski definition) is 0. The van der Waals surface area contributed by atoms with Gasteiger partial charge in [0.15, 0.2) is 0 Å². The van der Waals surface area contributed by atoms with Crippen molar-refractivity contribution in [3.63, 3.8) is 0 Å². The predicted octanol–water partition coefficient (Wildman–Crippen LogP) is 3.55. The molecule has 0 saturated carbocycles. The lowest BCUT2D eigenvalue weighted by Crippen LogP contribution is -2.29. The Bertz CT molecular complexity index is 533. The van der Waals surface area contributed by atoms with Crippen molar-refractivity contribution in [3.05, 3.63) is 47.8 Å². The largest absolute Gasteiger partial charge is 0.247 e. The van der Waals surface area contributed by atoms with E-state index in [4.69, 9.17) is 0 Å². The van der Waals surface area contributed by atoms with Crippen LogP contribution >= 0.6 is 0 Å². The van der Waals surface area contributed by atoms with Gasteiger partial charge in [-0.15, -0.1) is 5.10 Å². The molecule has 1 aromatic heterocycles. The van der Waals surface area contributed by atoms with Gasteiger partial charge in [0.05, 0.1) is 11.7 Å². The van der Waals surface area contributed by atoms with Crippen LogP contribution in [-0.2, 0) is 17.4 Å². The highest BCUT2D eigenvalue weighted by Gasteiger charge is 2.22. The van der Waals surface area contributed by atoms with Crippen LogP contribution in [0.2, 0.25) is 0 Å². The van der Waals surface area contributed by atoms with Crippen LogP contribution in [0.4, 0.5) is 0 Å². The normalized spacial score (nSPS) is 12.7. The molecule has 0 radical (unpaired) electrons. The van der Waals surface area contributed by atoms with Crippen molar-refractivity contribution in [1.82, 2.24) is 15.0 Å². The van der Waals surface area contributed by atoms with Crippen LogP contribution in [-0.4, -0.2) is 15.0 Å². The fourth-order valence-electron chi connectivity index (χ4n) is 2.26. The molecular formula is C16H23N3. The molecule has 0 spiro atoms. The fourth-order valence-corrected chi connectivity index (χ4v) is 2.26. The zero-order valence-corrected chi connectivity index (χ0v) is 12.5. The zero-order chi connectivity index (χ0) is 14.1. The van der Waals surface area contributed by atoms with Crippen LogP contribution in [0.3, 0.4) is 0 Å². The van der Waals surface area contributed by atoms with Gasteiger partial charge in [0.25, 0.3) is 0 Å². The minimum atomic E-state index is -0.0625. The molecular weight excluding hydrogens is 234 g/mol. The summed E-state index contributed by atoms with van der Waals surface area (Å²) in [6.45, 7) is 11.1. The van der Waals surface area contributed by atoms with Crippen LogP contribution in [0.5, 0.6) is 0 Å². The maximum atomic E-state index is 4.12. The van der Waals surface area contributed by atoms with E-state index in [1.165, 1.54) is 11.1 Å². The molecule has 2 aromatic rings. The van der Waals surface area contributed by atoms with Gasteiger partial charge in [0.2, 0.25) is 0 Å². The number of nitrogens with zero attached hydrogens (tertiary/aromatic N) is 3. The van der Waals surface area contributed by atoms with E-state index in [1.54, 1.807) is 6.20 Å². The second kappa shape index (κ2) is 4.80. The summed E-state index contributed by atoms with van der Waals surface area (Å²) in [4.78, 5) is 0. The first-order valence-electron chi connectivity index (χ1n) is 6.75. The monoisotopic (exact) mass is 257 g/mol. The third-order valence-corrected chi connectivity index (χ3v) is 3.47. The molecule has 0 aliphatic heterocycles. The molecule has 3 nitrogen and oxygen atoms in total. The molecule has 0 N–H and O–H groups in total. The molecule has 1 heterocycles. The van der Waals surface area contributed by atoms with Crippen molar-refractivity contribution in [1.29, 1.82) is 0 Å². The van der Waals surface area contributed by atoms with Crippen molar-refractivity contribution in [2.75, 3.05) is 0 Å².